The van der Waals surface area contributed by atoms with E-state index in [4.69, 9.17) is 0 Å². The van der Waals surface area contributed by atoms with Gasteiger partial charge in [-0.05, 0) is 18.9 Å². The number of rotatable bonds is 3. The molecule has 0 saturated heterocycles. The maximum Gasteiger partial charge on any atom is 0.245 e. The zero-order valence-electron chi connectivity index (χ0n) is 9.46. The molecular weight excluding hydrogens is 207 g/mol. The molecule has 3 nitrogen and oxygen atoms in total. The lowest BCUT2D eigenvalue weighted by molar-refractivity contribution is -0.127. The highest BCUT2D eigenvalue weighted by Crippen LogP contribution is 2.49. The van der Waals surface area contributed by atoms with E-state index < -0.39 is 5.41 Å². The molecule has 2 rings (SSSR count). The Kier molecular flexibility index (Phi) is 2.68. The Labute approximate surface area is 94.2 Å². The molecule has 0 bridgehead atoms. The van der Waals surface area contributed by atoms with Crippen LogP contribution in [0.25, 0.3) is 0 Å². The first-order valence-corrected chi connectivity index (χ1v) is 5.30. The molecule has 1 aromatic rings. The molecule has 0 aromatic heterocycles. The van der Waals surface area contributed by atoms with E-state index in [0.29, 0.717) is 18.4 Å². The summed E-state index contributed by atoms with van der Waals surface area (Å²) in [5, 5.41) is 1.59. The third-order valence-corrected chi connectivity index (χ3v) is 2.90. The molecule has 0 radical (unpaired) electrons. The third kappa shape index (κ3) is 1.80. The van der Waals surface area contributed by atoms with Gasteiger partial charge >= 0.3 is 0 Å². The van der Waals surface area contributed by atoms with Gasteiger partial charge in [0.25, 0.3) is 0 Å². The van der Waals surface area contributed by atoms with E-state index in [1.54, 1.807) is 37.3 Å². The Morgan fingerprint density at radius 3 is 2.50 bits per heavy atom. The Morgan fingerprint density at radius 1 is 1.38 bits per heavy atom. The average molecular weight is 222 g/mol. The molecule has 1 amide bonds. The number of hydrogen-bond acceptors (Lipinski definition) is 2. The van der Waals surface area contributed by atoms with Gasteiger partial charge in [0, 0.05) is 19.7 Å². The van der Waals surface area contributed by atoms with Crippen molar-refractivity contribution in [3.63, 3.8) is 0 Å². The van der Waals surface area contributed by atoms with Crippen molar-refractivity contribution in [3.8, 4) is 0 Å². The van der Waals surface area contributed by atoms with Crippen molar-refractivity contribution in [2.24, 2.45) is 0 Å². The number of nitrogens with one attached hydrogen (secondary N) is 1. The topological polar surface area (TPSA) is 32.3 Å². The van der Waals surface area contributed by atoms with Gasteiger partial charge in [-0.3, -0.25) is 10.2 Å². The molecule has 1 aromatic carbocycles. The molecule has 0 aliphatic heterocycles. The standard InChI is InChI=1S/C12H15FN2O/c1-15(2)14-11(16)12(7-8-12)9-5-3-4-6-10(9)13/h3-6H,7-8H2,1-2H3,(H,14,16). The monoisotopic (exact) mass is 222 g/mol. The number of hydrogen-bond donors (Lipinski definition) is 1. The fraction of sp³-hybridized carbons (Fsp3) is 0.417. The van der Waals surface area contributed by atoms with Gasteiger partial charge in [-0.2, -0.15) is 0 Å². The minimum atomic E-state index is -0.643. The van der Waals surface area contributed by atoms with Gasteiger partial charge < -0.3 is 0 Å². The summed E-state index contributed by atoms with van der Waals surface area (Å²) in [6.07, 6.45) is 1.43. The van der Waals surface area contributed by atoms with Gasteiger partial charge in [0.05, 0.1) is 5.41 Å². The molecule has 1 aliphatic carbocycles. The second-order valence-corrected chi connectivity index (χ2v) is 4.40. The molecular formula is C12H15FN2O. The first-order valence-electron chi connectivity index (χ1n) is 5.30. The lowest BCUT2D eigenvalue weighted by Crippen LogP contribution is -2.43. The van der Waals surface area contributed by atoms with Crippen LogP contribution in [0, 0.1) is 5.82 Å². The fourth-order valence-corrected chi connectivity index (χ4v) is 1.90. The van der Waals surface area contributed by atoms with Crippen LogP contribution in [0.2, 0.25) is 0 Å². The van der Waals surface area contributed by atoms with Crippen molar-refractivity contribution in [2.75, 3.05) is 14.1 Å². The summed E-state index contributed by atoms with van der Waals surface area (Å²) >= 11 is 0. The molecule has 0 spiro atoms. The molecule has 16 heavy (non-hydrogen) atoms. The van der Waals surface area contributed by atoms with E-state index in [1.807, 2.05) is 0 Å². The van der Waals surface area contributed by atoms with Crippen molar-refractivity contribution in [1.82, 2.24) is 10.4 Å². The second kappa shape index (κ2) is 3.87. The number of halogens is 1. The smallest absolute Gasteiger partial charge is 0.245 e. The number of nitrogens with zero attached hydrogens (tertiary/aromatic N) is 1. The summed E-state index contributed by atoms with van der Waals surface area (Å²) in [7, 11) is 3.49. The Bertz CT molecular complexity index is 413. The van der Waals surface area contributed by atoms with E-state index >= 15 is 0 Å². The Balaban J connectivity index is 2.27. The molecule has 1 N–H and O–H groups in total. The SMILES string of the molecule is CN(C)NC(=O)C1(c2ccccc2F)CC1. The van der Waals surface area contributed by atoms with Crippen LogP contribution >= 0.6 is 0 Å². The maximum atomic E-state index is 13.6. The van der Waals surface area contributed by atoms with E-state index in [2.05, 4.69) is 5.43 Å². The summed E-state index contributed by atoms with van der Waals surface area (Å²) < 4.78 is 13.6. The predicted octanol–water partition coefficient (Wildman–Crippen LogP) is 1.45. The average Bonchev–Trinajstić information content (AvgIpc) is 2.98. The number of carbonyl (C=O) groups is 1. The summed E-state index contributed by atoms with van der Waals surface area (Å²) in [5.41, 5.74) is 2.56. The molecule has 1 saturated carbocycles. The summed E-state index contributed by atoms with van der Waals surface area (Å²) in [5.74, 6) is -0.420. The molecule has 1 aliphatic rings. The highest BCUT2D eigenvalue weighted by molar-refractivity contribution is 5.90. The van der Waals surface area contributed by atoms with Crippen molar-refractivity contribution in [3.05, 3.63) is 35.6 Å². The molecule has 0 atom stereocenters. The number of hydrazine groups is 1. The number of benzene rings is 1. The van der Waals surface area contributed by atoms with Gasteiger partial charge in [-0.15, -0.1) is 0 Å². The van der Waals surface area contributed by atoms with E-state index in [-0.39, 0.29) is 11.7 Å². The zero-order valence-corrected chi connectivity index (χ0v) is 9.46. The first-order chi connectivity index (χ1) is 7.56. The van der Waals surface area contributed by atoms with Gasteiger partial charge in [-0.25, -0.2) is 9.40 Å². The van der Waals surface area contributed by atoms with Gasteiger partial charge in [-0.1, -0.05) is 18.2 Å². The Hall–Kier alpha value is -1.42. The van der Waals surface area contributed by atoms with Crippen LogP contribution < -0.4 is 5.43 Å². The van der Waals surface area contributed by atoms with E-state index in [1.165, 1.54) is 6.07 Å². The van der Waals surface area contributed by atoms with E-state index in [0.717, 1.165) is 0 Å². The molecule has 86 valence electrons. The molecule has 1 fully saturated rings. The van der Waals surface area contributed by atoms with Crippen LogP contribution in [0.15, 0.2) is 24.3 Å². The van der Waals surface area contributed by atoms with Crippen LogP contribution in [-0.4, -0.2) is 25.0 Å². The Morgan fingerprint density at radius 2 is 2.00 bits per heavy atom. The van der Waals surface area contributed by atoms with Crippen LogP contribution in [0.1, 0.15) is 18.4 Å². The van der Waals surface area contributed by atoms with Crippen molar-refractivity contribution < 1.29 is 9.18 Å². The maximum absolute atomic E-state index is 13.6. The highest BCUT2D eigenvalue weighted by atomic mass is 19.1. The van der Waals surface area contributed by atoms with Crippen LogP contribution in [0.3, 0.4) is 0 Å². The number of amides is 1. The number of carbonyl (C=O) groups excluding carboxylic acids is 1. The van der Waals surface area contributed by atoms with E-state index in [9.17, 15) is 9.18 Å². The minimum absolute atomic E-state index is 0.123. The lowest BCUT2D eigenvalue weighted by Gasteiger charge is -2.19. The first kappa shape index (κ1) is 11.1. The van der Waals surface area contributed by atoms with Gasteiger partial charge in [0.15, 0.2) is 0 Å². The summed E-state index contributed by atoms with van der Waals surface area (Å²) in [6, 6.07) is 6.50. The van der Waals surface area contributed by atoms with Gasteiger partial charge in [0.2, 0.25) is 5.91 Å². The summed E-state index contributed by atoms with van der Waals surface area (Å²) in [4.78, 5) is 12.0. The van der Waals surface area contributed by atoms with Crippen LogP contribution in [0.5, 0.6) is 0 Å². The normalized spacial score (nSPS) is 17.2. The lowest BCUT2D eigenvalue weighted by atomic mass is 9.95. The second-order valence-electron chi connectivity index (χ2n) is 4.40. The minimum Gasteiger partial charge on any atom is -0.289 e. The zero-order chi connectivity index (χ0) is 11.8. The highest BCUT2D eigenvalue weighted by Gasteiger charge is 2.52. The molecule has 4 heteroatoms. The predicted molar refractivity (Wildman–Crippen MR) is 59.1 cm³/mol. The molecule has 0 heterocycles. The quantitative estimate of drug-likeness (QED) is 0.785. The van der Waals surface area contributed by atoms with Crippen LogP contribution in [-0.2, 0) is 10.2 Å². The van der Waals surface area contributed by atoms with Crippen molar-refractivity contribution >= 4 is 5.91 Å². The van der Waals surface area contributed by atoms with Gasteiger partial charge in [0.1, 0.15) is 5.82 Å². The van der Waals surface area contributed by atoms with Crippen molar-refractivity contribution in [1.29, 1.82) is 0 Å². The van der Waals surface area contributed by atoms with Crippen LogP contribution in [0.4, 0.5) is 4.39 Å². The largest absolute Gasteiger partial charge is 0.289 e. The molecule has 0 unspecified atom stereocenters. The summed E-state index contributed by atoms with van der Waals surface area (Å²) in [6.45, 7) is 0. The third-order valence-electron chi connectivity index (χ3n) is 2.90. The fourth-order valence-electron chi connectivity index (χ4n) is 1.90. The van der Waals surface area contributed by atoms with Crippen molar-refractivity contribution in [2.45, 2.75) is 18.3 Å².